The van der Waals surface area contributed by atoms with Crippen molar-refractivity contribution in [1.29, 1.82) is 0 Å². The molecule has 3 aromatic carbocycles. The molecule has 0 radical (unpaired) electrons. The summed E-state index contributed by atoms with van der Waals surface area (Å²) in [6, 6.07) is 21.3. The van der Waals surface area contributed by atoms with Crippen LogP contribution in [0.5, 0.6) is 0 Å². The lowest BCUT2D eigenvalue weighted by atomic mass is 10.1. The van der Waals surface area contributed by atoms with Crippen LogP contribution in [0.15, 0.2) is 77.7 Å². The summed E-state index contributed by atoms with van der Waals surface area (Å²) in [4.78, 5) is 19.9. The summed E-state index contributed by atoms with van der Waals surface area (Å²) in [5, 5.41) is 2.58. The zero-order valence-electron chi connectivity index (χ0n) is 16.9. The predicted molar refractivity (Wildman–Crippen MR) is 120 cm³/mol. The van der Waals surface area contributed by atoms with Gasteiger partial charge in [-0.3, -0.25) is 0 Å². The van der Waals surface area contributed by atoms with Gasteiger partial charge in [0.05, 0.1) is 15.9 Å². The lowest BCUT2D eigenvalue weighted by Gasteiger charge is -2.09. The minimum absolute atomic E-state index is 0.0504. The van der Waals surface area contributed by atoms with E-state index in [0.717, 1.165) is 33.5 Å². The van der Waals surface area contributed by atoms with Crippen LogP contribution in [-0.2, 0) is 16.4 Å². The third-order valence-corrected chi connectivity index (χ3v) is 6.22. The molecule has 2 amide bonds. The largest absolute Gasteiger partial charge is 0.338 e. The Hall–Kier alpha value is -3.65. The van der Waals surface area contributed by atoms with Crippen LogP contribution in [0.2, 0.25) is 0 Å². The molecule has 158 valence electrons. The van der Waals surface area contributed by atoms with Gasteiger partial charge in [0.15, 0.2) is 0 Å². The Kier molecular flexibility index (Phi) is 5.73. The topological polar surface area (TPSA) is 104 Å². The number of hydrogen-bond donors (Lipinski definition) is 3. The number of imidazole rings is 1. The van der Waals surface area contributed by atoms with E-state index in [9.17, 15) is 13.2 Å². The summed E-state index contributed by atoms with van der Waals surface area (Å²) in [5.41, 5.74) is 4.82. The lowest BCUT2D eigenvalue weighted by Crippen LogP contribution is -2.40. The second kappa shape index (κ2) is 8.61. The fraction of sp³-hybridized carbons (Fsp3) is 0.130. The summed E-state index contributed by atoms with van der Waals surface area (Å²) < 4.78 is 26.5. The molecule has 4 aromatic rings. The predicted octanol–water partition coefficient (Wildman–Crippen LogP) is 3.77. The second-order valence-electron chi connectivity index (χ2n) is 7.22. The standard InChI is InChI=1S/C23H22N4O3S/c1-16-6-12-19(13-7-16)31(29,30)27-23(28)24-15-14-17-8-10-18(11-9-17)22-25-20-4-2-3-5-21(20)26-22/h2-13H,14-15H2,1H3,(H,25,26)(H2,24,27,28). The van der Waals surface area contributed by atoms with Crippen molar-refractivity contribution in [3.05, 3.63) is 83.9 Å². The Morgan fingerprint density at radius 1 is 0.968 bits per heavy atom. The smallest absolute Gasteiger partial charge is 0.328 e. The van der Waals surface area contributed by atoms with E-state index in [1.54, 1.807) is 12.1 Å². The maximum absolute atomic E-state index is 12.2. The molecule has 0 saturated heterocycles. The second-order valence-corrected chi connectivity index (χ2v) is 8.91. The molecule has 31 heavy (non-hydrogen) atoms. The fourth-order valence-electron chi connectivity index (χ4n) is 3.17. The van der Waals surface area contributed by atoms with Gasteiger partial charge in [-0.2, -0.15) is 0 Å². The van der Waals surface area contributed by atoms with E-state index in [-0.39, 0.29) is 4.90 Å². The van der Waals surface area contributed by atoms with Gasteiger partial charge in [-0.05, 0) is 43.2 Å². The van der Waals surface area contributed by atoms with Crippen molar-refractivity contribution in [2.45, 2.75) is 18.2 Å². The molecule has 0 aliphatic carbocycles. The van der Waals surface area contributed by atoms with Crippen LogP contribution in [0.25, 0.3) is 22.4 Å². The number of benzene rings is 3. The summed E-state index contributed by atoms with van der Waals surface area (Å²) in [6.45, 7) is 2.17. The number of amides is 2. The molecule has 0 unspecified atom stereocenters. The first-order valence-electron chi connectivity index (χ1n) is 9.82. The maximum Gasteiger partial charge on any atom is 0.328 e. The molecule has 0 bridgehead atoms. The van der Waals surface area contributed by atoms with Crippen LogP contribution in [0.3, 0.4) is 0 Å². The summed E-state index contributed by atoms with van der Waals surface area (Å²) >= 11 is 0. The molecule has 3 N–H and O–H groups in total. The van der Waals surface area contributed by atoms with Crippen LogP contribution in [-0.4, -0.2) is 31.0 Å². The average molecular weight is 435 g/mol. The minimum atomic E-state index is -3.89. The Labute approximate surface area is 180 Å². The van der Waals surface area contributed by atoms with Crippen molar-refractivity contribution >= 4 is 27.1 Å². The van der Waals surface area contributed by atoms with Gasteiger partial charge in [0.25, 0.3) is 10.0 Å². The number of carbonyl (C=O) groups excluding carboxylic acids is 1. The van der Waals surface area contributed by atoms with E-state index in [4.69, 9.17) is 0 Å². The highest BCUT2D eigenvalue weighted by Crippen LogP contribution is 2.20. The Morgan fingerprint density at radius 2 is 1.68 bits per heavy atom. The van der Waals surface area contributed by atoms with E-state index in [1.165, 1.54) is 12.1 Å². The lowest BCUT2D eigenvalue weighted by molar-refractivity contribution is 0.246. The van der Waals surface area contributed by atoms with Crippen molar-refractivity contribution in [3.8, 4) is 11.4 Å². The third-order valence-electron chi connectivity index (χ3n) is 4.87. The van der Waals surface area contributed by atoms with Gasteiger partial charge in [0.2, 0.25) is 0 Å². The highest BCUT2D eigenvalue weighted by atomic mass is 32.2. The Morgan fingerprint density at radius 3 is 2.39 bits per heavy atom. The van der Waals surface area contributed by atoms with Gasteiger partial charge in [-0.15, -0.1) is 0 Å². The van der Waals surface area contributed by atoms with Gasteiger partial charge in [0.1, 0.15) is 5.82 Å². The number of para-hydroxylation sites is 2. The van der Waals surface area contributed by atoms with Crippen molar-refractivity contribution in [1.82, 2.24) is 20.0 Å². The van der Waals surface area contributed by atoms with Crippen molar-refractivity contribution in [3.63, 3.8) is 0 Å². The number of urea groups is 1. The highest BCUT2D eigenvalue weighted by molar-refractivity contribution is 7.90. The van der Waals surface area contributed by atoms with Crippen LogP contribution >= 0.6 is 0 Å². The molecular weight excluding hydrogens is 412 g/mol. The monoisotopic (exact) mass is 434 g/mol. The number of H-pyrrole nitrogens is 1. The molecule has 0 atom stereocenters. The molecular formula is C23H22N4O3S. The first-order chi connectivity index (χ1) is 14.9. The summed E-state index contributed by atoms with van der Waals surface area (Å²) in [7, 11) is -3.89. The molecule has 0 saturated carbocycles. The van der Waals surface area contributed by atoms with Crippen LogP contribution < -0.4 is 10.0 Å². The van der Waals surface area contributed by atoms with Gasteiger partial charge in [-0.1, -0.05) is 54.1 Å². The summed E-state index contributed by atoms with van der Waals surface area (Å²) in [5.74, 6) is 0.798. The molecule has 4 rings (SSSR count). The molecule has 1 aromatic heterocycles. The van der Waals surface area contributed by atoms with E-state index < -0.39 is 16.1 Å². The number of aromatic amines is 1. The number of aryl methyl sites for hydroxylation is 1. The highest BCUT2D eigenvalue weighted by Gasteiger charge is 2.16. The van der Waals surface area contributed by atoms with Crippen LogP contribution in [0.1, 0.15) is 11.1 Å². The third kappa shape index (κ3) is 4.92. The number of hydrogen-bond acceptors (Lipinski definition) is 4. The Bertz CT molecular complexity index is 1280. The van der Waals surface area contributed by atoms with Crippen molar-refractivity contribution in [2.75, 3.05) is 6.54 Å². The number of nitrogens with one attached hydrogen (secondary N) is 3. The molecule has 0 fully saturated rings. The number of nitrogens with zero attached hydrogens (tertiary/aromatic N) is 1. The molecule has 1 heterocycles. The van der Waals surface area contributed by atoms with E-state index in [1.807, 2.05) is 60.2 Å². The van der Waals surface area contributed by atoms with Gasteiger partial charge < -0.3 is 10.3 Å². The van der Waals surface area contributed by atoms with Crippen molar-refractivity contribution in [2.24, 2.45) is 0 Å². The van der Waals surface area contributed by atoms with E-state index in [2.05, 4.69) is 15.3 Å². The number of sulfonamides is 1. The normalized spacial score (nSPS) is 11.4. The van der Waals surface area contributed by atoms with Gasteiger partial charge in [0, 0.05) is 12.1 Å². The first-order valence-corrected chi connectivity index (χ1v) is 11.3. The maximum atomic E-state index is 12.2. The zero-order chi connectivity index (χ0) is 21.8. The van der Waals surface area contributed by atoms with Crippen LogP contribution in [0.4, 0.5) is 4.79 Å². The SMILES string of the molecule is Cc1ccc(S(=O)(=O)NC(=O)NCCc2ccc(-c3nc4ccccc4[nH]3)cc2)cc1. The van der Waals surface area contributed by atoms with Gasteiger partial charge in [-0.25, -0.2) is 22.9 Å². The summed E-state index contributed by atoms with van der Waals surface area (Å²) in [6.07, 6.45) is 0.568. The van der Waals surface area contributed by atoms with Gasteiger partial charge >= 0.3 is 6.03 Å². The molecule has 0 aliphatic rings. The number of rotatable bonds is 6. The minimum Gasteiger partial charge on any atom is -0.338 e. The van der Waals surface area contributed by atoms with E-state index in [0.29, 0.717) is 13.0 Å². The van der Waals surface area contributed by atoms with E-state index >= 15 is 0 Å². The number of aromatic nitrogens is 2. The Balaban J connectivity index is 1.31. The van der Waals surface area contributed by atoms with Crippen LogP contribution in [0, 0.1) is 6.92 Å². The quantitative estimate of drug-likeness (QED) is 0.430. The zero-order valence-corrected chi connectivity index (χ0v) is 17.7. The molecule has 7 nitrogen and oxygen atoms in total. The number of carbonyl (C=O) groups is 1. The van der Waals surface area contributed by atoms with Crippen molar-refractivity contribution < 1.29 is 13.2 Å². The first kappa shape index (κ1) is 20.6. The molecule has 8 heteroatoms. The number of fused-ring (bicyclic) bond motifs is 1. The average Bonchev–Trinajstić information content (AvgIpc) is 3.18. The molecule has 0 spiro atoms. The fourth-order valence-corrected chi connectivity index (χ4v) is 4.10. The molecule has 0 aliphatic heterocycles.